The average Bonchev–Trinajstić information content (AvgIpc) is 3.08. The minimum absolute atomic E-state index is 0.161. The van der Waals surface area contributed by atoms with Crippen molar-refractivity contribution in [3.8, 4) is 5.69 Å². The molecule has 2 heterocycles. The molecule has 7 heteroatoms. The Morgan fingerprint density at radius 2 is 1.65 bits per heavy atom. The number of ether oxygens (including phenoxy) is 2. The van der Waals surface area contributed by atoms with Crippen molar-refractivity contribution in [1.29, 1.82) is 0 Å². The molecule has 0 unspecified atom stereocenters. The van der Waals surface area contributed by atoms with Crippen LogP contribution in [0.2, 0.25) is 0 Å². The first-order valence-corrected chi connectivity index (χ1v) is 8.38. The summed E-state index contributed by atoms with van der Waals surface area (Å²) < 4.78 is 12.0. The van der Waals surface area contributed by atoms with Crippen molar-refractivity contribution in [3.63, 3.8) is 0 Å². The van der Waals surface area contributed by atoms with Crippen molar-refractivity contribution in [3.05, 3.63) is 54.6 Å². The number of hydrogen-bond donors (Lipinski definition) is 0. The molecule has 0 N–H and O–H groups in total. The van der Waals surface area contributed by atoms with Gasteiger partial charge in [0.15, 0.2) is 5.92 Å². The molecule has 0 spiro atoms. The van der Waals surface area contributed by atoms with Crippen molar-refractivity contribution in [2.24, 2.45) is 0 Å². The molecule has 0 aliphatic heterocycles. The lowest BCUT2D eigenvalue weighted by Gasteiger charge is -2.14. The Labute approximate surface area is 150 Å². The van der Waals surface area contributed by atoms with Gasteiger partial charge in [0.25, 0.3) is 0 Å². The molecule has 26 heavy (non-hydrogen) atoms. The van der Waals surface area contributed by atoms with Crippen molar-refractivity contribution in [2.75, 3.05) is 13.2 Å². The van der Waals surface area contributed by atoms with E-state index in [1.807, 2.05) is 41.1 Å². The number of fused-ring (bicyclic) bond motifs is 1. The number of rotatable bonds is 6. The molecular weight excluding hydrogens is 334 g/mol. The normalized spacial score (nSPS) is 10.9. The topological polar surface area (TPSA) is 83.3 Å². The van der Waals surface area contributed by atoms with E-state index >= 15 is 0 Å². The lowest BCUT2D eigenvalue weighted by atomic mass is 10.0. The number of carbonyl (C=O) groups is 2. The number of nitrogens with zero attached hydrogens (tertiary/aromatic N) is 3. The predicted molar refractivity (Wildman–Crippen MR) is 94.9 cm³/mol. The summed E-state index contributed by atoms with van der Waals surface area (Å²) in [7, 11) is 0. The molecule has 3 aromatic rings. The largest absolute Gasteiger partial charge is 0.465 e. The van der Waals surface area contributed by atoms with E-state index in [1.54, 1.807) is 19.9 Å². The fourth-order valence-corrected chi connectivity index (χ4v) is 2.77. The summed E-state index contributed by atoms with van der Waals surface area (Å²) in [6, 6.07) is 11.4. The van der Waals surface area contributed by atoms with Crippen molar-refractivity contribution in [1.82, 2.24) is 14.5 Å². The van der Waals surface area contributed by atoms with Crippen LogP contribution in [0.1, 0.15) is 25.5 Å². The maximum absolute atomic E-state index is 12.4. The minimum Gasteiger partial charge on any atom is -0.465 e. The molecule has 0 amide bonds. The second-order valence-electron chi connectivity index (χ2n) is 5.45. The molecule has 134 valence electrons. The van der Waals surface area contributed by atoms with Gasteiger partial charge in [-0.2, -0.15) is 0 Å². The number of carbonyl (C=O) groups excluding carboxylic acids is 2. The number of hydrogen-bond acceptors (Lipinski definition) is 6. The second kappa shape index (κ2) is 7.77. The van der Waals surface area contributed by atoms with Gasteiger partial charge in [0, 0.05) is 17.3 Å². The number of esters is 2. The molecule has 7 nitrogen and oxygen atoms in total. The summed E-state index contributed by atoms with van der Waals surface area (Å²) in [4.78, 5) is 33.3. The maximum atomic E-state index is 12.4. The average molecular weight is 353 g/mol. The van der Waals surface area contributed by atoms with Crippen LogP contribution in [-0.4, -0.2) is 39.7 Å². The number of benzene rings is 1. The van der Waals surface area contributed by atoms with Crippen molar-refractivity contribution in [2.45, 2.75) is 19.8 Å². The zero-order valence-corrected chi connectivity index (χ0v) is 14.6. The van der Waals surface area contributed by atoms with Crippen LogP contribution in [-0.2, 0) is 19.1 Å². The Bertz CT molecular complexity index is 903. The molecule has 1 aromatic carbocycles. The smallest absolute Gasteiger partial charge is 0.326 e. The highest BCUT2D eigenvalue weighted by Gasteiger charge is 2.34. The van der Waals surface area contributed by atoms with Crippen LogP contribution in [0.15, 0.2) is 48.9 Å². The van der Waals surface area contributed by atoms with E-state index < -0.39 is 17.9 Å². The van der Waals surface area contributed by atoms with Crippen LogP contribution in [0.4, 0.5) is 0 Å². The molecule has 0 fully saturated rings. The van der Waals surface area contributed by atoms with Gasteiger partial charge in [-0.25, -0.2) is 9.97 Å². The highest BCUT2D eigenvalue weighted by atomic mass is 16.6. The first kappa shape index (κ1) is 17.6. The van der Waals surface area contributed by atoms with Crippen LogP contribution in [0.3, 0.4) is 0 Å². The van der Waals surface area contributed by atoms with E-state index in [4.69, 9.17) is 9.47 Å². The fraction of sp³-hybridized carbons (Fsp3) is 0.263. The van der Waals surface area contributed by atoms with Gasteiger partial charge in [0.1, 0.15) is 12.0 Å². The van der Waals surface area contributed by atoms with Crippen molar-refractivity contribution < 1.29 is 19.1 Å². The van der Waals surface area contributed by atoms with E-state index in [1.165, 1.54) is 6.33 Å². The quantitative estimate of drug-likeness (QED) is 0.500. The van der Waals surface area contributed by atoms with E-state index in [0.29, 0.717) is 11.0 Å². The summed E-state index contributed by atoms with van der Waals surface area (Å²) in [6.07, 6.45) is 3.16. The van der Waals surface area contributed by atoms with E-state index in [-0.39, 0.29) is 18.9 Å². The van der Waals surface area contributed by atoms with Gasteiger partial charge in [0.2, 0.25) is 0 Å². The zero-order chi connectivity index (χ0) is 18.5. The summed E-state index contributed by atoms with van der Waals surface area (Å²) in [6.45, 7) is 3.69. The number of para-hydroxylation sites is 1. The molecule has 3 rings (SSSR count). The molecule has 0 saturated heterocycles. The Morgan fingerprint density at radius 1 is 1.00 bits per heavy atom. The maximum Gasteiger partial charge on any atom is 0.326 e. The zero-order valence-electron chi connectivity index (χ0n) is 14.6. The highest BCUT2D eigenvalue weighted by molar-refractivity contribution is 6.03. The first-order chi connectivity index (χ1) is 12.7. The Kier molecular flexibility index (Phi) is 5.26. The molecule has 0 saturated carbocycles. The third kappa shape index (κ3) is 3.28. The Morgan fingerprint density at radius 3 is 2.27 bits per heavy atom. The lowest BCUT2D eigenvalue weighted by molar-refractivity contribution is -0.157. The predicted octanol–water partition coefficient (Wildman–Crippen LogP) is 2.63. The fourth-order valence-electron chi connectivity index (χ4n) is 2.77. The standard InChI is InChI=1S/C19H19N3O4/c1-3-25-18(23)15(19(24)26-4-2)16-14-10-11-22(17(14)21-12-20-16)13-8-6-5-7-9-13/h5-12,15H,3-4H2,1-2H3. The summed E-state index contributed by atoms with van der Waals surface area (Å²) in [5, 5.41) is 0.599. The number of aromatic nitrogens is 3. The molecule has 0 atom stereocenters. The molecule has 0 aliphatic rings. The van der Waals surface area contributed by atoms with Crippen LogP contribution in [0.25, 0.3) is 16.7 Å². The molecular formula is C19H19N3O4. The van der Waals surface area contributed by atoms with Crippen LogP contribution >= 0.6 is 0 Å². The van der Waals surface area contributed by atoms with Gasteiger partial charge in [-0.15, -0.1) is 0 Å². The van der Waals surface area contributed by atoms with E-state index in [0.717, 1.165) is 5.69 Å². The molecule has 0 bridgehead atoms. The first-order valence-electron chi connectivity index (χ1n) is 8.38. The Hall–Kier alpha value is -3.22. The molecule has 2 aromatic heterocycles. The molecule has 0 radical (unpaired) electrons. The summed E-state index contributed by atoms with van der Waals surface area (Å²) in [5.74, 6) is -2.61. The third-order valence-corrected chi connectivity index (χ3v) is 3.86. The third-order valence-electron chi connectivity index (χ3n) is 3.86. The van der Waals surface area contributed by atoms with Gasteiger partial charge in [-0.1, -0.05) is 18.2 Å². The SMILES string of the molecule is CCOC(=O)C(C(=O)OCC)c1ncnc2c1ccn2-c1ccccc1. The summed E-state index contributed by atoms with van der Waals surface area (Å²) in [5.41, 5.74) is 1.79. The highest BCUT2D eigenvalue weighted by Crippen LogP contribution is 2.27. The Balaban J connectivity index is 2.12. The lowest BCUT2D eigenvalue weighted by Crippen LogP contribution is -2.27. The van der Waals surface area contributed by atoms with Gasteiger partial charge in [-0.05, 0) is 32.0 Å². The van der Waals surface area contributed by atoms with Crippen LogP contribution in [0.5, 0.6) is 0 Å². The van der Waals surface area contributed by atoms with Crippen LogP contribution in [0, 0.1) is 0 Å². The van der Waals surface area contributed by atoms with Gasteiger partial charge in [0.05, 0.1) is 18.9 Å². The van der Waals surface area contributed by atoms with Crippen LogP contribution < -0.4 is 0 Å². The summed E-state index contributed by atoms with van der Waals surface area (Å²) >= 11 is 0. The van der Waals surface area contributed by atoms with E-state index in [2.05, 4.69) is 9.97 Å². The van der Waals surface area contributed by atoms with Gasteiger partial charge >= 0.3 is 11.9 Å². The van der Waals surface area contributed by atoms with E-state index in [9.17, 15) is 9.59 Å². The molecule has 0 aliphatic carbocycles. The minimum atomic E-state index is -1.24. The van der Waals surface area contributed by atoms with Gasteiger partial charge < -0.3 is 14.0 Å². The van der Waals surface area contributed by atoms with Crippen molar-refractivity contribution >= 4 is 23.0 Å². The monoisotopic (exact) mass is 353 g/mol. The second-order valence-corrected chi connectivity index (χ2v) is 5.45. The van der Waals surface area contributed by atoms with Gasteiger partial charge in [-0.3, -0.25) is 9.59 Å².